The number of hydrogen-bond donors (Lipinski definition) is 1. The summed E-state index contributed by atoms with van der Waals surface area (Å²) >= 11 is 5.86. The van der Waals surface area contributed by atoms with E-state index in [-0.39, 0.29) is 5.41 Å². The average molecular weight is 243 g/mol. The molecule has 1 unspecified atom stereocenters. The van der Waals surface area contributed by atoms with Crippen LogP contribution in [-0.2, 0) is 4.74 Å². The number of amides is 1. The molecule has 1 heterocycles. The van der Waals surface area contributed by atoms with Crippen molar-refractivity contribution in [1.82, 2.24) is 4.98 Å². The molecule has 0 spiro atoms. The SMILES string of the molecule is CC(C)(C)C(OC(N)=O)c1cc(Cl)ccn1. The smallest absolute Gasteiger partial charge is 0.405 e. The van der Waals surface area contributed by atoms with Gasteiger partial charge in [-0.05, 0) is 12.1 Å². The van der Waals surface area contributed by atoms with Gasteiger partial charge in [0.25, 0.3) is 0 Å². The fraction of sp³-hybridized carbons (Fsp3) is 0.455. The predicted molar refractivity (Wildman–Crippen MR) is 62.1 cm³/mol. The highest BCUT2D eigenvalue weighted by molar-refractivity contribution is 6.30. The van der Waals surface area contributed by atoms with Crippen LogP contribution in [0, 0.1) is 5.41 Å². The van der Waals surface area contributed by atoms with E-state index in [9.17, 15) is 4.79 Å². The van der Waals surface area contributed by atoms with Crippen molar-refractivity contribution in [3.05, 3.63) is 29.0 Å². The van der Waals surface area contributed by atoms with Crippen molar-refractivity contribution in [2.75, 3.05) is 0 Å². The first-order valence-corrected chi connectivity index (χ1v) is 5.26. The van der Waals surface area contributed by atoms with Gasteiger partial charge in [0.1, 0.15) is 0 Å². The van der Waals surface area contributed by atoms with E-state index < -0.39 is 12.2 Å². The second-order valence-electron chi connectivity index (χ2n) is 4.58. The van der Waals surface area contributed by atoms with E-state index >= 15 is 0 Å². The Bertz CT molecular complexity index is 388. The number of primary amides is 1. The number of pyridine rings is 1. The summed E-state index contributed by atoms with van der Waals surface area (Å²) in [5.41, 5.74) is 5.34. The molecule has 1 aromatic heterocycles. The third-order valence-electron chi connectivity index (χ3n) is 2.03. The molecule has 1 atom stereocenters. The van der Waals surface area contributed by atoms with Crippen molar-refractivity contribution in [3.8, 4) is 0 Å². The lowest BCUT2D eigenvalue weighted by atomic mass is 9.87. The highest BCUT2D eigenvalue weighted by atomic mass is 35.5. The van der Waals surface area contributed by atoms with Crippen molar-refractivity contribution in [2.45, 2.75) is 26.9 Å². The molecule has 0 aromatic carbocycles. The molecule has 0 aliphatic rings. The standard InChI is InChI=1S/C11H15ClN2O2/c1-11(2,3)9(16-10(13)15)8-6-7(12)4-5-14-8/h4-6,9H,1-3H3,(H2,13,15). The molecular weight excluding hydrogens is 228 g/mol. The fourth-order valence-electron chi connectivity index (χ4n) is 1.36. The van der Waals surface area contributed by atoms with Gasteiger partial charge in [-0.2, -0.15) is 0 Å². The van der Waals surface area contributed by atoms with Crippen molar-refractivity contribution >= 4 is 17.7 Å². The maximum absolute atomic E-state index is 10.9. The molecule has 0 saturated heterocycles. The second kappa shape index (κ2) is 4.70. The maximum atomic E-state index is 10.9. The molecule has 0 fully saturated rings. The summed E-state index contributed by atoms with van der Waals surface area (Å²) in [7, 11) is 0. The van der Waals surface area contributed by atoms with Crippen LogP contribution in [0.15, 0.2) is 18.3 Å². The predicted octanol–water partition coefficient (Wildman–Crippen LogP) is 2.92. The van der Waals surface area contributed by atoms with Crippen LogP contribution in [0.4, 0.5) is 4.79 Å². The minimum atomic E-state index is -0.818. The third-order valence-corrected chi connectivity index (χ3v) is 2.27. The highest BCUT2D eigenvalue weighted by Gasteiger charge is 2.30. The topological polar surface area (TPSA) is 65.2 Å². The van der Waals surface area contributed by atoms with Gasteiger partial charge in [-0.25, -0.2) is 4.79 Å². The van der Waals surface area contributed by atoms with Crippen LogP contribution >= 0.6 is 11.6 Å². The van der Waals surface area contributed by atoms with Gasteiger partial charge in [-0.15, -0.1) is 0 Å². The van der Waals surface area contributed by atoms with Gasteiger partial charge in [0, 0.05) is 16.6 Å². The highest BCUT2D eigenvalue weighted by Crippen LogP contribution is 2.35. The van der Waals surface area contributed by atoms with Gasteiger partial charge < -0.3 is 10.5 Å². The van der Waals surface area contributed by atoms with Crippen LogP contribution < -0.4 is 5.73 Å². The number of rotatable bonds is 2. The minimum Gasteiger partial charge on any atom is -0.439 e. The van der Waals surface area contributed by atoms with E-state index in [2.05, 4.69) is 4.98 Å². The molecular formula is C11H15ClN2O2. The lowest BCUT2D eigenvalue weighted by Gasteiger charge is -2.29. The van der Waals surface area contributed by atoms with E-state index in [0.29, 0.717) is 10.7 Å². The van der Waals surface area contributed by atoms with Gasteiger partial charge in [-0.1, -0.05) is 32.4 Å². The molecule has 4 nitrogen and oxygen atoms in total. The normalized spacial score (nSPS) is 13.2. The molecule has 2 N–H and O–H groups in total. The summed E-state index contributed by atoms with van der Waals surface area (Å²) in [6, 6.07) is 3.33. The van der Waals surface area contributed by atoms with Crippen LogP contribution in [0.2, 0.25) is 5.02 Å². The van der Waals surface area contributed by atoms with E-state index in [1.807, 2.05) is 20.8 Å². The molecule has 16 heavy (non-hydrogen) atoms. The van der Waals surface area contributed by atoms with Crippen LogP contribution in [0.3, 0.4) is 0 Å². The molecule has 0 aliphatic heterocycles. The van der Waals surface area contributed by atoms with Gasteiger partial charge in [-0.3, -0.25) is 4.98 Å². The lowest BCUT2D eigenvalue weighted by Crippen LogP contribution is -2.27. The van der Waals surface area contributed by atoms with Gasteiger partial charge in [0.2, 0.25) is 0 Å². The second-order valence-corrected chi connectivity index (χ2v) is 5.02. The number of halogens is 1. The molecule has 1 amide bonds. The van der Waals surface area contributed by atoms with Gasteiger partial charge in [0.15, 0.2) is 6.10 Å². The Hall–Kier alpha value is -1.29. The zero-order chi connectivity index (χ0) is 12.3. The zero-order valence-corrected chi connectivity index (χ0v) is 10.3. The first-order valence-electron chi connectivity index (χ1n) is 4.88. The summed E-state index contributed by atoms with van der Waals surface area (Å²) in [6.45, 7) is 5.80. The van der Waals surface area contributed by atoms with E-state index in [1.165, 1.54) is 0 Å². The monoisotopic (exact) mass is 242 g/mol. The van der Waals surface area contributed by atoms with Crippen molar-refractivity contribution < 1.29 is 9.53 Å². The van der Waals surface area contributed by atoms with Gasteiger partial charge >= 0.3 is 6.09 Å². The van der Waals surface area contributed by atoms with Crippen LogP contribution in [0.5, 0.6) is 0 Å². The Labute approximate surface area is 99.8 Å². The number of aromatic nitrogens is 1. The molecule has 0 radical (unpaired) electrons. The molecule has 0 aliphatic carbocycles. The van der Waals surface area contributed by atoms with Crippen molar-refractivity contribution in [1.29, 1.82) is 0 Å². The summed E-state index contributed by atoms with van der Waals surface area (Å²) in [6.07, 6.45) is 0.242. The van der Waals surface area contributed by atoms with Gasteiger partial charge in [0.05, 0.1) is 5.69 Å². The zero-order valence-electron chi connectivity index (χ0n) is 9.53. The third kappa shape index (κ3) is 3.38. The van der Waals surface area contributed by atoms with E-state index in [0.717, 1.165) is 0 Å². The Morgan fingerprint density at radius 2 is 2.19 bits per heavy atom. The largest absolute Gasteiger partial charge is 0.439 e. The molecule has 0 saturated carbocycles. The van der Waals surface area contributed by atoms with E-state index in [4.69, 9.17) is 22.1 Å². The van der Waals surface area contributed by atoms with Crippen molar-refractivity contribution in [3.63, 3.8) is 0 Å². The molecule has 0 bridgehead atoms. The van der Waals surface area contributed by atoms with Crippen LogP contribution in [0.25, 0.3) is 0 Å². The Morgan fingerprint density at radius 3 is 2.62 bits per heavy atom. The molecule has 88 valence electrons. The number of carbonyl (C=O) groups excluding carboxylic acids is 1. The average Bonchev–Trinajstić information content (AvgIpc) is 2.12. The molecule has 1 rings (SSSR count). The van der Waals surface area contributed by atoms with Crippen LogP contribution in [-0.4, -0.2) is 11.1 Å². The van der Waals surface area contributed by atoms with Crippen LogP contribution in [0.1, 0.15) is 32.6 Å². The maximum Gasteiger partial charge on any atom is 0.405 e. The number of carbonyl (C=O) groups is 1. The Morgan fingerprint density at radius 1 is 1.56 bits per heavy atom. The Kier molecular flexibility index (Phi) is 3.75. The summed E-state index contributed by atoms with van der Waals surface area (Å²) in [5, 5.41) is 0.548. The number of ether oxygens (including phenoxy) is 1. The number of nitrogens with two attached hydrogens (primary N) is 1. The number of nitrogens with zero attached hydrogens (tertiary/aromatic N) is 1. The number of hydrogen-bond acceptors (Lipinski definition) is 3. The Balaban J connectivity index is 3.06. The molecule has 5 heteroatoms. The lowest BCUT2D eigenvalue weighted by molar-refractivity contribution is 0.0331. The first-order chi connectivity index (χ1) is 7.30. The minimum absolute atomic E-state index is 0.299. The quantitative estimate of drug-likeness (QED) is 0.867. The van der Waals surface area contributed by atoms with Crippen molar-refractivity contribution in [2.24, 2.45) is 11.1 Å². The fourth-order valence-corrected chi connectivity index (χ4v) is 1.53. The molecule has 1 aromatic rings. The first kappa shape index (κ1) is 12.8. The van der Waals surface area contributed by atoms with E-state index in [1.54, 1.807) is 18.3 Å². The summed E-state index contributed by atoms with van der Waals surface area (Å²) < 4.78 is 5.07. The summed E-state index contributed by atoms with van der Waals surface area (Å²) in [5.74, 6) is 0. The summed E-state index contributed by atoms with van der Waals surface area (Å²) in [4.78, 5) is 15.0.